The molecule has 0 spiro atoms. The molecule has 0 radical (unpaired) electrons. The molecule has 1 heterocycles. The van der Waals surface area contributed by atoms with Crippen LogP contribution in [0.4, 0.5) is 0 Å². The number of carbonyl (C=O) groups is 4. The van der Waals surface area contributed by atoms with Crippen LogP contribution in [0, 0.1) is 0 Å². The van der Waals surface area contributed by atoms with Crippen molar-refractivity contribution in [1.82, 2.24) is 0 Å². The molecule has 0 unspecified atom stereocenters. The third-order valence-corrected chi connectivity index (χ3v) is 6.94. The van der Waals surface area contributed by atoms with E-state index in [1.54, 1.807) is 84.9 Å². The Morgan fingerprint density at radius 3 is 1.33 bits per heavy atom. The zero-order valence-corrected chi connectivity index (χ0v) is 24.2. The summed E-state index contributed by atoms with van der Waals surface area (Å²) in [6.45, 7) is -0.524. The second-order valence-electron chi connectivity index (χ2n) is 9.96. The van der Waals surface area contributed by atoms with Crippen LogP contribution in [0.5, 0.6) is 0 Å². The second-order valence-corrected chi connectivity index (χ2v) is 9.96. The van der Waals surface area contributed by atoms with Gasteiger partial charge in [-0.3, -0.25) is 0 Å². The van der Waals surface area contributed by atoms with E-state index in [1.807, 2.05) is 0 Å². The Morgan fingerprint density at radius 1 is 0.543 bits per heavy atom. The van der Waals surface area contributed by atoms with Crippen LogP contribution in [0.25, 0.3) is 0 Å². The fourth-order valence-corrected chi connectivity index (χ4v) is 4.70. The summed E-state index contributed by atoms with van der Waals surface area (Å²) in [5.74, 6) is -3.27. The SMILES string of the molecule is O=C=N[C@@H]1O[C@H](COC(=O)c2ccccc2)[C@@H](OC(=O)c2ccccc2)[C@H](OC(=O)c2ccccc2)[C@@H]1OC(=O)c1ccccc1. The topological polar surface area (TPSA) is 144 Å². The van der Waals surface area contributed by atoms with E-state index in [2.05, 4.69) is 4.99 Å². The maximum absolute atomic E-state index is 13.4. The van der Waals surface area contributed by atoms with E-state index in [0.29, 0.717) is 0 Å². The molecule has 1 fully saturated rings. The molecule has 0 aromatic heterocycles. The molecule has 0 aliphatic carbocycles. The van der Waals surface area contributed by atoms with Crippen LogP contribution in [-0.2, 0) is 28.5 Å². The average Bonchev–Trinajstić information content (AvgIpc) is 3.11. The highest BCUT2D eigenvalue weighted by molar-refractivity contribution is 5.91. The van der Waals surface area contributed by atoms with E-state index in [9.17, 15) is 24.0 Å². The lowest BCUT2D eigenvalue weighted by Gasteiger charge is -2.42. The summed E-state index contributed by atoms with van der Waals surface area (Å²) >= 11 is 0. The number of benzene rings is 4. The molecule has 11 heteroatoms. The molecule has 232 valence electrons. The molecular formula is C35H27NO10. The predicted molar refractivity (Wildman–Crippen MR) is 160 cm³/mol. The maximum atomic E-state index is 13.4. The van der Waals surface area contributed by atoms with Gasteiger partial charge in [-0.25, -0.2) is 24.0 Å². The Balaban J connectivity index is 1.53. The molecule has 4 aromatic rings. The smallest absolute Gasteiger partial charge is 0.338 e. The van der Waals surface area contributed by atoms with Crippen LogP contribution in [0.3, 0.4) is 0 Å². The molecule has 4 aromatic carbocycles. The van der Waals surface area contributed by atoms with E-state index in [-0.39, 0.29) is 22.3 Å². The first-order valence-corrected chi connectivity index (χ1v) is 14.2. The average molecular weight is 622 g/mol. The van der Waals surface area contributed by atoms with Gasteiger partial charge in [0.1, 0.15) is 12.7 Å². The van der Waals surface area contributed by atoms with Crippen molar-refractivity contribution in [3.05, 3.63) is 144 Å². The third-order valence-electron chi connectivity index (χ3n) is 6.94. The summed E-state index contributed by atoms with van der Waals surface area (Å²) in [7, 11) is 0. The summed E-state index contributed by atoms with van der Waals surface area (Å²) in [6, 6.07) is 31.9. The lowest BCUT2D eigenvalue weighted by Crippen LogP contribution is -2.62. The van der Waals surface area contributed by atoms with Crippen LogP contribution in [-0.4, -0.2) is 67.2 Å². The van der Waals surface area contributed by atoms with Crippen molar-refractivity contribution < 1.29 is 47.7 Å². The highest BCUT2D eigenvalue weighted by Gasteiger charge is 2.53. The molecule has 1 saturated heterocycles. The minimum absolute atomic E-state index is 0.137. The molecule has 1 aliphatic heterocycles. The zero-order valence-electron chi connectivity index (χ0n) is 24.2. The fraction of sp³-hybridized carbons (Fsp3) is 0.171. The lowest BCUT2D eigenvalue weighted by atomic mass is 9.97. The Labute approximate surface area is 263 Å². The van der Waals surface area contributed by atoms with Gasteiger partial charge in [-0.1, -0.05) is 72.8 Å². The number of aliphatic imine (C=N–C) groups is 1. The summed E-state index contributed by atoms with van der Waals surface area (Å²) in [6.07, 6.45) is -6.27. The third kappa shape index (κ3) is 7.78. The largest absolute Gasteiger partial charge is 0.459 e. The van der Waals surface area contributed by atoms with Crippen LogP contribution in [0.15, 0.2) is 126 Å². The van der Waals surface area contributed by atoms with Crippen molar-refractivity contribution in [2.75, 3.05) is 6.61 Å². The number of nitrogens with zero attached hydrogens (tertiary/aromatic N) is 1. The minimum Gasteiger partial charge on any atom is -0.459 e. The molecule has 5 rings (SSSR count). The van der Waals surface area contributed by atoms with E-state index < -0.39 is 61.1 Å². The quantitative estimate of drug-likeness (QED) is 0.107. The molecule has 11 nitrogen and oxygen atoms in total. The van der Waals surface area contributed by atoms with E-state index in [1.165, 1.54) is 42.5 Å². The van der Waals surface area contributed by atoms with Gasteiger partial charge < -0.3 is 23.7 Å². The Bertz CT molecular complexity index is 1690. The fourth-order valence-electron chi connectivity index (χ4n) is 4.70. The minimum atomic E-state index is -1.60. The van der Waals surface area contributed by atoms with Gasteiger partial charge in [0.25, 0.3) is 0 Å². The van der Waals surface area contributed by atoms with E-state index in [4.69, 9.17) is 23.7 Å². The Morgan fingerprint density at radius 2 is 0.913 bits per heavy atom. The van der Waals surface area contributed by atoms with Gasteiger partial charge in [0.05, 0.1) is 22.3 Å². The monoisotopic (exact) mass is 621 g/mol. The number of hydrogen-bond donors (Lipinski definition) is 0. The molecule has 5 atom stereocenters. The Hall–Kier alpha value is -5.90. The van der Waals surface area contributed by atoms with Crippen molar-refractivity contribution >= 4 is 30.0 Å². The van der Waals surface area contributed by atoms with E-state index in [0.717, 1.165) is 0 Å². The maximum Gasteiger partial charge on any atom is 0.338 e. The number of hydrogen-bond acceptors (Lipinski definition) is 11. The number of rotatable bonds is 10. The van der Waals surface area contributed by atoms with Gasteiger partial charge in [-0.15, -0.1) is 0 Å². The van der Waals surface area contributed by atoms with Gasteiger partial charge in [0.15, 0.2) is 18.3 Å². The van der Waals surface area contributed by atoms with Gasteiger partial charge in [-0.05, 0) is 48.5 Å². The first-order valence-electron chi connectivity index (χ1n) is 14.2. The summed E-state index contributed by atoms with van der Waals surface area (Å²) < 4.78 is 28.9. The predicted octanol–water partition coefficient (Wildman–Crippen LogP) is 4.58. The molecule has 1 aliphatic rings. The lowest BCUT2D eigenvalue weighted by molar-refractivity contribution is -0.226. The zero-order chi connectivity index (χ0) is 32.3. The summed E-state index contributed by atoms with van der Waals surface area (Å²) in [5, 5.41) is 0. The van der Waals surface area contributed by atoms with E-state index >= 15 is 0 Å². The first-order chi connectivity index (χ1) is 22.4. The molecule has 0 bridgehead atoms. The van der Waals surface area contributed by atoms with Crippen LogP contribution in [0.2, 0.25) is 0 Å². The molecule has 46 heavy (non-hydrogen) atoms. The second kappa shape index (κ2) is 15.2. The molecule has 0 N–H and O–H groups in total. The summed E-state index contributed by atoms with van der Waals surface area (Å²) in [4.78, 5) is 68.0. The van der Waals surface area contributed by atoms with Gasteiger partial charge in [-0.2, -0.15) is 4.99 Å². The molecule has 0 saturated carbocycles. The molecule has 0 amide bonds. The normalized spacial score (nSPS) is 20.3. The van der Waals surface area contributed by atoms with Crippen LogP contribution >= 0.6 is 0 Å². The van der Waals surface area contributed by atoms with Gasteiger partial charge in [0, 0.05) is 0 Å². The number of ether oxygens (including phenoxy) is 5. The Kier molecular flexibility index (Phi) is 10.4. The van der Waals surface area contributed by atoms with Crippen LogP contribution in [0.1, 0.15) is 41.4 Å². The van der Waals surface area contributed by atoms with Crippen LogP contribution < -0.4 is 0 Å². The standard InChI is InChI=1S/C35H27NO10/c37-22-36-31-30(46-35(41)26-19-11-4-12-20-26)29(45-34(40)25-17-9-3-10-18-25)28(44-33(39)24-15-7-2-8-16-24)27(43-31)21-42-32(38)23-13-5-1-6-14-23/h1-20,27-31H,21H2/t27-,28-,29+,30+,31-/m1/s1. The van der Waals surface area contributed by atoms with Crippen molar-refractivity contribution in [3.8, 4) is 0 Å². The summed E-state index contributed by atoms with van der Waals surface area (Å²) in [5.41, 5.74) is 0.667. The first kappa shape index (κ1) is 31.5. The number of carbonyl (C=O) groups excluding carboxylic acids is 5. The van der Waals surface area contributed by atoms with Crippen molar-refractivity contribution in [1.29, 1.82) is 0 Å². The number of esters is 4. The van der Waals surface area contributed by atoms with Crippen molar-refractivity contribution in [2.24, 2.45) is 4.99 Å². The highest BCUT2D eigenvalue weighted by atomic mass is 16.7. The van der Waals surface area contributed by atoms with Crippen molar-refractivity contribution in [2.45, 2.75) is 30.6 Å². The van der Waals surface area contributed by atoms with Gasteiger partial charge >= 0.3 is 23.9 Å². The number of isocyanates is 1. The highest BCUT2D eigenvalue weighted by Crippen LogP contribution is 2.31. The van der Waals surface area contributed by atoms with Crippen molar-refractivity contribution in [3.63, 3.8) is 0 Å². The molecular weight excluding hydrogens is 594 g/mol. The van der Waals surface area contributed by atoms with Gasteiger partial charge in [0.2, 0.25) is 12.3 Å².